The fraction of sp³-hybridized carbons (Fsp3) is 0. The quantitative estimate of drug-likeness (QED) is 0.759. The number of fused-ring (bicyclic) bond motifs is 1. The fourth-order valence-electron chi connectivity index (χ4n) is 2.31. The number of carboxylic acid groups (broad SMARTS) is 1. The summed E-state index contributed by atoms with van der Waals surface area (Å²) in [4.78, 5) is 24.0. The second-order valence-corrected chi connectivity index (χ2v) is 5.51. The molecule has 0 unspecified atom stereocenters. The molecule has 0 saturated carbocycles. The first kappa shape index (κ1) is 14.6. The van der Waals surface area contributed by atoms with Gasteiger partial charge >= 0.3 is 5.97 Å². The Morgan fingerprint density at radius 3 is 2.45 bits per heavy atom. The topological polar surface area (TPSA) is 59.3 Å². The predicted octanol–water partition coefficient (Wildman–Crippen LogP) is 4.33. The first-order valence-corrected chi connectivity index (χ1v) is 7.08. The van der Waals surface area contributed by atoms with Crippen molar-refractivity contribution in [1.82, 2.24) is 4.57 Å². The van der Waals surface area contributed by atoms with Crippen LogP contribution in [-0.4, -0.2) is 21.6 Å². The molecule has 0 aliphatic heterocycles. The summed E-state index contributed by atoms with van der Waals surface area (Å²) in [6, 6.07) is 11.4. The minimum atomic E-state index is -1.10. The summed E-state index contributed by atoms with van der Waals surface area (Å²) in [5.74, 6) is -1.53. The second kappa shape index (κ2) is 5.48. The van der Waals surface area contributed by atoms with Crippen molar-refractivity contribution in [3.63, 3.8) is 0 Å². The van der Waals surface area contributed by atoms with Crippen molar-refractivity contribution in [1.29, 1.82) is 0 Å². The van der Waals surface area contributed by atoms with Crippen LogP contribution in [0.4, 0.5) is 0 Å². The summed E-state index contributed by atoms with van der Waals surface area (Å²) in [5.41, 5.74) is 0.773. The Kier molecular flexibility index (Phi) is 3.64. The van der Waals surface area contributed by atoms with Crippen LogP contribution in [0.3, 0.4) is 0 Å². The molecule has 1 heterocycles. The highest BCUT2D eigenvalue weighted by Gasteiger charge is 2.20. The highest BCUT2D eigenvalue weighted by Crippen LogP contribution is 2.26. The number of aromatic carboxylic acids is 1. The Morgan fingerprint density at radius 2 is 1.73 bits per heavy atom. The molecule has 3 aromatic rings. The number of carbonyl (C=O) groups excluding carboxylic acids is 1. The Bertz CT molecular complexity index is 915. The highest BCUT2D eigenvalue weighted by molar-refractivity contribution is 6.36. The fourth-order valence-corrected chi connectivity index (χ4v) is 2.68. The normalized spacial score (nSPS) is 10.8. The maximum atomic E-state index is 12.7. The van der Waals surface area contributed by atoms with Gasteiger partial charge in [0.2, 0.25) is 0 Å². The van der Waals surface area contributed by atoms with Crippen molar-refractivity contribution in [3.8, 4) is 0 Å². The molecule has 2 aromatic carbocycles. The van der Waals surface area contributed by atoms with Gasteiger partial charge in [-0.1, -0.05) is 41.4 Å². The van der Waals surface area contributed by atoms with Crippen molar-refractivity contribution in [2.45, 2.75) is 0 Å². The lowest BCUT2D eigenvalue weighted by Crippen LogP contribution is -2.11. The van der Waals surface area contributed by atoms with Gasteiger partial charge < -0.3 is 5.11 Å². The van der Waals surface area contributed by atoms with Crippen LogP contribution in [0.25, 0.3) is 10.9 Å². The molecule has 1 aromatic heterocycles. The number of benzene rings is 2. The van der Waals surface area contributed by atoms with Gasteiger partial charge in [0, 0.05) is 16.6 Å². The summed E-state index contributed by atoms with van der Waals surface area (Å²) in [5, 5.41) is 10.4. The number of para-hydroxylation sites is 1. The number of halogens is 2. The molecule has 6 heteroatoms. The van der Waals surface area contributed by atoms with E-state index in [-0.39, 0.29) is 16.1 Å². The van der Waals surface area contributed by atoms with Crippen LogP contribution in [-0.2, 0) is 0 Å². The van der Waals surface area contributed by atoms with E-state index in [1.54, 1.807) is 30.3 Å². The Morgan fingerprint density at radius 1 is 1.00 bits per heavy atom. The third-order valence-corrected chi connectivity index (χ3v) is 3.88. The minimum Gasteiger partial charge on any atom is -0.478 e. The smallest absolute Gasteiger partial charge is 0.337 e. The molecule has 0 fully saturated rings. The molecule has 0 saturated heterocycles. The van der Waals surface area contributed by atoms with Crippen molar-refractivity contribution >= 4 is 46.0 Å². The molecule has 4 nitrogen and oxygen atoms in total. The lowest BCUT2D eigenvalue weighted by atomic mass is 10.2. The van der Waals surface area contributed by atoms with Crippen LogP contribution in [0.15, 0.2) is 48.7 Å². The standard InChI is InChI=1S/C16H9Cl2NO3/c17-9-5-6-13(18)11(7-9)15(20)19-8-12(16(21)22)10-3-1-2-4-14(10)19/h1-8H,(H,21,22). The van der Waals surface area contributed by atoms with Crippen LogP contribution in [0, 0.1) is 0 Å². The number of hydrogen-bond donors (Lipinski definition) is 1. The van der Waals surface area contributed by atoms with Crippen LogP contribution < -0.4 is 0 Å². The lowest BCUT2D eigenvalue weighted by Gasteiger charge is -2.06. The molecule has 0 spiro atoms. The third-order valence-electron chi connectivity index (χ3n) is 3.32. The molecule has 0 atom stereocenters. The van der Waals surface area contributed by atoms with Gasteiger partial charge in [0.25, 0.3) is 5.91 Å². The zero-order valence-electron chi connectivity index (χ0n) is 11.1. The van der Waals surface area contributed by atoms with Gasteiger partial charge in [-0.3, -0.25) is 9.36 Å². The molecular weight excluding hydrogens is 325 g/mol. The van der Waals surface area contributed by atoms with E-state index in [0.717, 1.165) is 0 Å². The minimum absolute atomic E-state index is 0.0575. The molecule has 22 heavy (non-hydrogen) atoms. The number of carboxylic acids is 1. The van der Waals surface area contributed by atoms with E-state index in [2.05, 4.69) is 0 Å². The molecule has 0 aliphatic rings. The molecule has 0 amide bonds. The van der Waals surface area contributed by atoms with Gasteiger partial charge in [-0.05, 0) is 24.3 Å². The molecule has 0 aliphatic carbocycles. The number of rotatable bonds is 2. The molecule has 3 rings (SSSR count). The van der Waals surface area contributed by atoms with Gasteiger partial charge in [0.1, 0.15) is 0 Å². The Balaban J connectivity index is 2.24. The van der Waals surface area contributed by atoms with Crippen LogP contribution in [0.5, 0.6) is 0 Å². The summed E-state index contributed by atoms with van der Waals surface area (Å²) in [6.45, 7) is 0. The average molecular weight is 334 g/mol. The van der Waals surface area contributed by atoms with E-state index in [1.807, 2.05) is 0 Å². The number of carbonyl (C=O) groups is 2. The number of hydrogen-bond acceptors (Lipinski definition) is 2. The van der Waals surface area contributed by atoms with Crippen molar-refractivity contribution < 1.29 is 14.7 Å². The molecule has 0 radical (unpaired) electrons. The van der Waals surface area contributed by atoms with Gasteiger partial charge in [0.05, 0.1) is 21.7 Å². The van der Waals surface area contributed by atoms with Gasteiger partial charge in [-0.2, -0.15) is 0 Å². The molecular formula is C16H9Cl2NO3. The monoisotopic (exact) mass is 333 g/mol. The lowest BCUT2D eigenvalue weighted by molar-refractivity contribution is 0.0699. The van der Waals surface area contributed by atoms with E-state index in [4.69, 9.17) is 23.2 Å². The largest absolute Gasteiger partial charge is 0.478 e. The highest BCUT2D eigenvalue weighted by atomic mass is 35.5. The first-order chi connectivity index (χ1) is 10.5. The van der Waals surface area contributed by atoms with Crippen LogP contribution in [0.1, 0.15) is 20.7 Å². The first-order valence-electron chi connectivity index (χ1n) is 6.32. The maximum Gasteiger partial charge on any atom is 0.337 e. The summed E-state index contributed by atoms with van der Waals surface area (Å²) < 4.78 is 1.27. The van der Waals surface area contributed by atoms with E-state index >= 15 is 0 Å². The number of nitrogens with zero attached hydrogens (tertiary/aromatic N) is 1. The van der Waals surface area contributed by atoms with Crippen LogP contribution >= 0.6 is 23.2 Å². The Hall–Kier alpha value is -2.30. The van der Waals surface area contributed by atoms with E-state index in [9.17, 15) is 14.7 Å². The SMILES string of the molecule is O=C(O)c1cn(C(=O)c2cc(Cl)ccc2Cl)c2ccccc12. The van der Waals surface area contributed by atoms with Crippen molar-refractivity contribution in [3.05, 3.63) is 69.8 Å². The zero-order chi connectivity index (χ0) is 15.9. The van der Waals surface area contributed by atoms with E-state index in [1.165, 1.54) is 22.9 Å². The zero-order valence-corrected chi connectivity index (χ0v) is 12.6. The number of aromatic nitrogens is 1. The third kappa shape index (κ3) is 2.36. The molecule has 0 bridgehead atoms. The summed E-state index contributed by atoms with van der Waals surface area (Å²) in [7, 11) is 0. The maximum absolute atomic E-state index is 12.7. The molecule has 1 N–H and O–H groups in total. The summed E-state index contributed by atoms with van der Waals surface area (Å²) in [6.07, 6.45) is 1.30. The van der Waals surface area contributed by atoms with Crippen molar-refractivity contribution in [2.24, 2.45) is 0 Å². The van der Waals surface area contributed by atoms with Gasteiger partial charge in [0.15, 0.2) is 0 Å². The van der Waals surface area contributed by atoms with Gasteiger partial charge in [-0.25, -0.2) is 4.79 Å². The van der Waals surface area contributed by atoms with E-state index in [0.29, 0.717) is 15.9 Å². The second-order valence-electron chi connectivity index (χ2n) is 4.66. The van der Waals surface area contributed by atoms with Crippen LogP contribution in [0.2, 0.25) is 10.0 Å². The molecule has 110 valence electrons. The predicted molar refractivity (Wildman–Crippen MR) is 85.1 cm³/mol. The van der Waals surface area contributed by atoms with Gasteiger partial charge in [-0.15, -0.1) is 0 Å². The van der Waals surface area contributed by atoms with E-state index < -0.39 is 11.9 Å². The average Bonchev–Trinajstić information content (AvgIpc) is 2.89. The Labute approximate surface area is 135 Å². The van der Waals surface area contributed by atoms with Crippen molar-refractivity contribution in [2.75, 3.05) is 0 Å². The summed E-state index contributed by atoms with van der Waals surface area (Å²) >= 11 is 12.0.